The zero-order valence-corrected chi connectivity index (χ0v) is 9.97. The van der Waals surface area contributed by atoms with Crippen molar-refractivity contribution in [3.63, 3.8) is 0 Å². The van der Waals surface area contributed by atoms with E-state index in [1.54, 1.807) is 10.9 Å². The molecule has 0 spiro atoms. The molecule has 104 valence electrons. The summed E-state index contributed by atoms with van der Waals surface area (Å²) in [6.45, 7) is -0.221. The second kappa shape index (κ2) is 5.05. The summed E-state index contributed by atoms with van der Waals surface area (Å²) >= 11 is 0. The normalized spacial score (nSPS) is 26.5. The molecule has 1 unspecified atom stereocenters. The fraction of sp³-hybridized carbons (Fsp3) is 0.500. The zero-order valence-electron chi connectivity index (χ0n) is 9.97. The van der Waals surface area contributed by atoms with Crippen LogP contribution in [0, 0.1) is 0 Å². The third-order valence-electron chi connectivity index (χ3n) is 3.08. The molecule has 6 N–H and O–H groups in total. The highest BCUT2D eigenvalue weighted by Gasteiger charge is 2.35. The summed E-state index contributed by atoms with van der Waals surface area (Å²) in [7, 11) is 0. The highest BCUT2D eigenvalue weighted by Crippen LogP contribution is 2.30. The fourth-order valence-corrected chi connectivity index (χ4v) is 2.13. The number of aliphatic hydroxyl groups excluding tert-OH is 2. The van der Waals surface area contributed by atoms with E-state index < -0.39 is 18.4 Å². The molecule has 9 nitrogen and oxygen atoms in total. The average Bonchev–Trinajstić information content (AvgIpc) is 2.93. The Morgan fingerprint density at radius 3 is 2.89 bits per heavy atom. The number of nitrogens with zero attached hydrogens (tertiary/aromatic N) is 4. The van der Waals surface area contributed by atoms with Crippen LogP contribution in [-0.2, 0) is 4.74 Å². The van der Waals surface area contributed by atoms with Gasteiger partial charge in [0, 0.05) is 6.42 Å². The quantitative estimate of drug-likeness (QED) is 0.583. The van der Waals surface area contributed by atoms with Crippen molar-refractivity contribution in [2.24, 2.45) is 0 Å². The summed E-state index contributed by atoms with van der Waals surface area (Å²) in [4.78, 5) is 12.1. The van der Waals surface area contributed by atoms with E-state index in [4.69, 9.17) is 15.6 Å². The Kier molecular flexibility index (Phi) is 3.62. The Morgan fingerprint density at radius 1 is 1.42 bits per heavy atom. The Balaban J connectivity index is 0.00000133. The van der Waals surface area contributed by atoms with Gasteiger partial charge >= 0.3 is 0 Å². The molecule has 0 amide bonds. The molecule has 0 saturated carbocycles. The number of anilines is 1. The van der Waals surface area contributed by atoms with Gasteiger partial charge in [-0.3, -0.25) is 4.57 Å². The summed E-state index contributed by atoms with van der Waals surface area (Å²) < 4.78 is 7.22. The molecule has 3 atom stereocenters. The van der Waals surface area contributed by atoms with Gasteiger partial charge in [-0.15, -0.1) is 0 Å². The van der Waals surface area contributed by atoms with Crippen LogP contribution in [0.15, 0.2) is 12.7 Å². The van der Waals surface area contributed by atoms with Crippen molar-refractivity contribution in [3.05, 3.63) is 12.7 Å². The smallest absolute Gasteiger partial charge is 0.167 e. The van der Waals surface area contributed by atoms with Gasteiger partial charge in [0.2, 0.25) is 0 Å². The maximum absolute atomic E-state index is 9.71. The van der Waals surface area contributed by atoms with Gasteiger partial charge in [0.05, 0.1) is 19.0 Å². The summed E-state index contributed by atoms with van der Waals surface area (Å²) in [6, 6.07) is 0. The minimum Gasteiger partial charge on any atom is -0.412 e. The highest BCUT2D eigenvalue weighted by molar-refractivity contribution is 5.81. The van der Waals surface area contributed by atoms with Crippen LogP contribution in [0.1, 0.15) is 12.6 Å². The lowest BCUT2D eigenvalue weighted by Gasteiger charge is -2.13. The van der Waals surface area contributed by atoms with E-state index in [-0.39, 0.29) is 12.1 Å². The first-order valence-electron chi connectivity index (χ1n) is 5.58. The number of ether oxygens (including phenoxy) is 1. The molecule has 3 rings (SSSR count). The number of aromatic nitrogens is 4. The van der Waals surface area contributed by atoms with E-state index in [9.17, 15) is 5.11 Å². The van der Waals surface area contributed by atoms with Crippen molar-refractivity contribution in [1.82, 2.24) is 19.5 Å². The van der Waals surface area contributed by atoms with E-state index in [0.29, 0.717) is 23.4 Å². The van der Waals surface area contributed by atoms with E-state index >= 15 is 0 Å². The Labute approximate surface area is 108 Å². The first kappa shape index (κ1) is 13.6. The summed E-state index contributed by atoms with van der Waals surface area (Å²) in [5.41, 5.74) is 6.75. The average molecular weight is 269 g/mol. The van der Waals surface area contributed by atoms with Crippen LogP contribution in [0.2, 0.25) is 0 Å². The molecule has 1 saturated heterocycles. The summed E-state index contributed by atoms with van der Waals surface area (Å²) in [6.07, 6.45) is 1.60. The van der Waals surface area contributed by atoms with Gasteiger partial charge in [-0.2, -0.15) is 0 Å². The highest BCUT2D eigenvalue weighted by atomic mass is 16.5. The topological polar surface area (TPSA) is 151 Å². The number of hydrogen-bond acceptors (Lipinski definition) is 7. The van der Waals surface area contributed by atoms with Gasteiger partial charge in [-0.05, 0) is 0 Å². The molecule has 0 aliphatic carbocycles. The van der Waals surface area contributed by atoms with Crippen molar-refractivity contribution in [2.45, 2.75) is 24.9 Å². The number of nitrogen functional groups attached to an aromatic ring is 1. The molecule has 1 fully saturated rings. The number of nitrogens with two attached hydrogens (primary N) is 1. The van der Waals surface area contributed by atoms with E-state index in [2.05, 4.69) is 15.0 Å². The van der Waals surface area contributed by atoms with Gasteiger partial charge < -0.3 is 26.2 Å². The molecule has 9 heteroatoms. The number of rotatable bonds is 2. The monoisotopic (exact) mass is 269 g/mol. The molecule has 19 heavy (non-hydrogen) atoms. The maximum atomic E-state index is 9.71. The summed E-state index contributed by atoms with van der Waals surface area (Å²) in [5, 5.41) is 18.8. The lowest BCUT2D eigenvalue weighted by Crippen LogP contribution is -2.24. The van der Waals surface area contributed by atoms with Crippen LogP contribution < -0.4 is 5.73 Å². The van der Waals surface area contributed by atoms with E-state index in [1.807, 2.05) is 0 Å². The van der Waals surface area contributed by atoms with Crippen LogP contribution in [0.25, 0.3) is 11.2 Å². The minimum atomic E-state index is -0.698. The molecule has 2 aromatic heterocycles. The number of imidazole rings is 1. The summed E-state index contributed by atoms with van der Waals surface area (Å²) in [5.74, 6) is 0.302. The van der Waals surface area contributed by atoms with Crippen LogP contribution in [0.5, 0.6) is 0 Å². The molecular weight excluding hydrogens is 254 g/mol. The van der Waals surface area contributed by atoms with Gasteiger partial charge in [0.25, 0.3) is 0 Å². The van der Waals surface area contributed by atoms with Crippen molar-refractivity contribution in [1.29, 1.82) is 0 Å². The number of aliphatic hydroxyl groups is 2. The van der Waals surface area contributed by atoms with Crippen molar-refractivity contribution >= 4 is 17.0 Å². The standard InChI is InChI=1S/C10H13N5O3.H2O/c11-9-8-10(13-3-12-9)15(4-14-8)7-1-5(17)6(2-16)18-7;/h3-7,16-17H,1-2H2,(H2,11,12,13);1H2/t5-,6+,7?;/m0./s1. The van der Waals surface area contributed by atoms with Crippen LogP contribution in [0.4, 0.5) is 5.82 Å². The second-order valence-corrected chi connectivity index (χ2v) is 4.20. The van der Waals surface area contributed by atoms with Crippen LogP contribution in [0.3, 0.4) is 0 Å². The molecule has 0 radical (unpaired) electrons. The van der Waals surface area contributed by atoms with Gasteiger partial charge in [0.15, 0.2) is 11.5 Å². The van der Waals surface area contributed by atoms with Crippen LogP contribution in [-0.4, -0.2) is 54.0 Å². The predicted octanol–water partition coefficient (Wildman–Crippen LogP) is -1.78. The van der Waals surface area contributed by atoms with E-state index in [1.165, 1.54) is 6.33 Å². The number of fused-ring (bicyclic) bond motifs is 1. The fourth-order valence-electron chi connectivity index (χ4n) is 2.13. The molecule has 1 aliphatic rings. The van der Waals surface area contributed by atoms with Crippen LogP contribution >= 0.6 is 0 Å². The maximum Gasteiger partial charge on any atom is 0.167 e. The molecule has 1 aliphatic heterocycles. The third kappa shape index (κ3) is 2.12. The molecular formula is C10H15N5O4. The molecule has 2 aromatic rings. The Morgan fingerprint density at radius 2 is 2.21 bits per heavy atom. The first-order valence-corrected chi connectivity index (χ1v) is 5.58. The van der Waals surface area contributed by atoms with Gasteiger partial charge in [0.1, 0.15) is 24.2 Å². The lowest BCUT2D eigenvalue weighted by molar-refractivity contribution is -0.0432. The molecule has 0 aromatic carbocycles. The van der Waals surface area contributed by atoms with Crippen molar-refractivity contribution < 1.29 is 20.4 Å². The Hall–Kier alpha value is -1.81. The van der Waals surface area contributed by atoms with E-state index in [0.717, 1.165) is 0 Å². The minimum absolute atomic E-state index is 0. The van der Waals surface area contributed by atoms with Crippen molar-refractivity contribution in [3.8, 4) is 0 Å². The second-order valence-electron chi connectivity index (χ2n) is 4.20. The molecule has 3 heterocycles. The Bertz CT molecular complexity index is 574. The van der Waals surface area contributed by atoms with Gasteiger partial charge in [-0.1, -0.05) is 0 Å². The van der Waals surface area contributed by atoms with Gasteiger partial charge in [-0.25, -0.2) is 15.0 Å². The zero-order chi connectivity index (χ0) is 12.7. The third-order valence-corrected chi connectivity index (χ3v) is 3.08. The largest absolute Gasteiger partial charge is 0.412 e. The number of hydrogen-bond donors (Lipinski definition) is 3. The lowest BCUT2D eigenvalue weighted by atomic mass is 10.2. The SMILES string of the molecule is Nc1ncnc2c1ncn2C1C[C@H](O)[C@@H](CO)O1.O. The molecule has 0 bridgehead atoms. The van der Waals surface area contributed by atoms with Crippen molar-refractivity contribution in [2.75, 3.05) is 12.3 Å². The first-order chi connectivity index (χ1) is 8.70. The predicted molar refractivity (Wildman–Crippen MR) is 65.0 cm³/mol.